The molecule has 5 nitrogen and oxygen atoms in total. The number of halogens is 2. The normalized spacial score (nSPS) is 15.8. The Balaban J connectivity index is 1.82. The summed E-state index contributed by atoms with van der Waals surface area (Å²) in [5, 5.41) is 10.5. The van der Waals surface area contributed by atoms with E-state index in [2.05, 4.69) is 6.07 Å². The van der Waals surface area contributed by atoms with Gasteiger partial charge in [0.2, 0.25) is 5.88 Å². The van der Waals surface area contributed by atoms with Crippen molar-refractivity contribution in [2.24, 2.45) is 5.73 Å². The third kappa shape index (κ3) is 2.99. The predicted octanol–water partition coefficient (Wildman–Crippen LogP) is 5.05. The van der Waals surface area contributed by atoms with E-state index in [4.69, 9.17) is 43.8 Å². The van der Waals surface area contributed by atoms with Crippen LogP contribution in [0.5, 0.6) is 5.75 Å². The van der Waals surface area contributed by atoms with E-state index >= 15 is 0 Å². The average Bonchev–Trinajstić information content (AvgIpc) is 3.12. The van der Waals surface area contributed by atoms with Crippen molar-refractivity contribution in [2.45, 2.75) is 5.92 Å². The van der Waals surface area contributed by atoms with Crippen molar-refractivity contribution in [1.82, 2.24) is 0 Å². The van der Waals surface area contributed by atoms with Crippen LogP contribution in [0.4, 0.5) is 5.69 Å². The fourth-order valence-electron chi connectivity index (χ4n) is 3.08. The van der Waals surface area contributed by atoms with Gasteiger partial charge in [-0.15, -0.1) is 0 Å². The first kappa shape index (κ1) is 17.3. The van der Waals surface area contributed by atoms with Crippen LogP contribution >= 0.6 is 23.2 Å². The highest BCUT2D eigenvalue weighted by Gasteiger charge is 2.33. The Morgan fingerprint density at radius 2 is 1.78 bits per heavy atom. The molecule has 0 amide bonds. The maximum absolute atomic E-state index is 9.60. The zero-order chi connectivity index (χ0) is 19.1. The van der Waals surface area contributed by atoms with Crippen molar-refractivity contribution in [3.63, 3.8) is 0 Å². The van der Waals surface area contributed by atoms with Gasteiger partial charge in [0, 0.05) is 22.9 Å². The maximum Gasteiger partial charge on any atom is 0.205 e. The number of benzene rings is 2. The highest BCUT2D eigenvalue weighted by molar-refractivity contribution is 6.42. The summed E-state index contributed by atoms with van der Waals surface area (Å²) in [7, 11) is 0. The fourth-order valence-corrected chi connectivity index (χ4v) is 3.37. The van der Waals surface area contributed by atoms with Crippen molar-refractivity contribution in [3.8, 4) is 23.1 Å². The summed E-state index contributed by atoms with van der Waals surface area (Å²) in [5.74, 6) is 1.21. The van der Waals surface area contributed by atoms with Crippen molar-refractivity contribution in [1.29, 1.82) is 5.26 Å². The smallest absolute Gasteiger partial charge is 0.205 e. The van der Waals surface area contributed by atoms with Gasteiger partial charge in [0.25, 0.3) is 0 Å². The molecule has 0 radical (unpaired) electrons. The van der Waals surface area contributed by atoms with E-state index in [-0.39, 0.29) is 11.5 Å². The van der Waals surface area contributed by atoms with Crippen molar-refractivity contribution in [3.05, 3.63) is 81.4 Å². The van der Waals surface area contributed by atoms with Gasteiger partial charge in [-0.25, -0.2) is 0 Å². The second-order valence-electron chi connectivity index (χ2n) is 6.05. The van der Waals surface area contributed by atoms with Gasteiger partial charge in [-0.05, 0) is 36.4 Å². The molecule has 2 aromatic carbocycles. The minimum absolute atomic E-state index is 0.0353. The summed E-state index contributed by atoms with van der Waals surface area (Å²) in [4.78, 5) is 0. The van der Waals surface area contributed by atoms with Crippen LogP contribution in [0.1, 0.15) is 17.2 Å². The van der Waals surface area contributed by atoms with E-state index in [1.54, 1.807) is 36.4 Å². The fraction of sp³-hybridized carbons (Fsp3) is 0.0500. The summed E-state index contributed by atoms with van der Waals surface area (Å²) >= 11 is 12.1. The number of ether oxygens (including phenoxy) is 1. The van der Waals surface area contributed by atoms with E-state index < -0.39 is 5.92 Å². The number of furan rings is 1. The lowest BCUT2D eigenvalue weighted by Crippen LogP contribution is -2.20. The minimum atomic E-state index is -0.490. The minimum Gasteiger partial charge on any atom is -0.460 e. The summed E-state index contributed by atoms with van der Waals surface area (Å²) in [6, 6.07) is 16.2. The molecule has 2 heterocycles. The molecule has 1 atom stereocenters. The number of hydrogen-bond donors (Lipinski definition) is 2. The molecular weight excluding hydrogens is 385 g/mol. The van der Waals surface area contributed by atoms with Crippen LogP contribution in [0.25, 0.3) is 11.3 Å². The topological polar surface area (TPSA) is 98.2 Å². The van der Waals surface area contributed by atoms with E-state index in [0.29, 0.717) is 33.0 Å². The predicted molar refractivity (Wildman–Crippen MR) is 104 cm³/mol. The molecule has 0 fully saturated rings. The van der Waals surface area contributed by atoms with Gasteiger partial charge < -0.3 is 20.6 Å². The number of allylic oxidation sites excluding steroid dienone is 1. The van der Waals surface area contributed by atoms with Crippen LogP contribution < -0.4 is 16.2 Å². The summed E-state index contributed by atoms with van der Waals surface area (Å²) in [6.45, 7) is 0. The van der Waals surface area contributed by atoms with Gasteiger partial charge >= 0.3 is 0 Å². The number of fused-ring (bicyclic) bond motifs is 1. The van der Waals surface area contributed by atoms with Gasteiger partial charge in [-0.2, -0.15) is 5.26 Å². The number of rotatable bonds is 2. The molecule has 0 spiro atoms. The van der Waals surface area contributed by atoms with Gasteiger partial charge in [0.05, 0.1) is 16.0 Å². The molecule has 1 aliphatic heterocycles. The van der Waals surface area contributed by atoms with Gasteiger partial charge in [-0.1, -0.05) is 29.3 Å². The summed E-state index contributed by atoms with van der Waals surface area (Å²) in [5.41, 5.74) is 14.1. The Morgan fingerprint density at radius 3 is 2.52 bits per heavy atom. The number of nitrogen functional groups attached to an aromatic ring is 1. The highest BCUT2D eigenvalue weighted by atomic mass is 35.5. The van der Waals surface area contributed by atoms with E-state index in [1.807, 2.05) is 12.1 Å². The maximum atomic E-state index is 9.60. The number of hydrogen-bond acceptors (Lipinski definition) is 5. The number of nitriles is 1. The van der Waals surface area contributed by atoms with Crippen LogP contribution in [0.15, 0.2) is 64.4 Å². The lowest BCUT2D eigenvalue weighted by atomic mass is 9.87. The molecule has 0 bridgehead atoms. The number of anilines is 1. The summed E-state index contributed by atoms with van der Waals surface area (Å²) in [6.07, 6.45) is 0. The molecule has 0 saturated carbocycles. The van der Waals surface area contributed by atoms with Crippen molar-refractivity contribution < 1.29 is 9.15 Å². The SMILES string of the molecule is N#CC1=C(N)Oc2cc(N)ccc2C1c1ccc(-c2ccc(Cl)c(Cl)c2)o1. The lowest BCUT2D eigenvalue weighted by molar-refractivity contribution is 0.385. The zero-order valence-electron chi connectivity index (χ0n) is 13.9. The summed E-state index contributed by atoms with van der Waals surface area (Å²) < 4.78 is 11.6. The molecule has 4 rings (SSSR count). The van der Waals surface area contributed by atoms with Crippen LogP contribution in [0, 0.1) is 11.3 Å². The first-order valence-corrected chi connectivity index (χ1v) is 8.75. The number of nitrogens with zero attached hydrogens (tertiary/aromatic N) is 1. The molecule has 1 aliphatic rings. The molecule has 7 heteroatoms. The highest BCUT2D eigenvalue weighted by Crippen LogP contribution is 2.44. The van der Waals surface area contributed by atoms with Crippen LogP contribution in [0.2, 0.25) is 10.0 Å². The molecule has 27 heavy (non-hydrogen) atoms. The molecule has 3 aromatic rings. The third-order valence-corrected chi connectivity index (χ3v) is 5.10. The van der Waals surface area contributed by atoms with Crippen molar-refractivity contribution >= 4 is 28.9 Å². The Bertz CT molecular complexity index is 1130. The second kappa shape index (κ2) is 6.58. The van der Waals surface area contributed by atoms with Crippen LogP contribution in [-0.4, -0.2) is 0 Å². The Labute approximate surface area is 165 Å². The standard InChI is InChI=1S/C20H13Cl2N3O2/c21-14-4-1-10(7-15(14)22)16-5-6-17(26-16)19-12-3-2-11(24)8-18(12)27-20(25)13(19)9-23/h1-8,19H,24-25H2. The van der Waals surface area contributed by atoms with E-state index in [1.165, 1.54) is 0 Å². The molecule has 0 aliphatic carbocycles. The first-order valence-electron chi connectivity index (χ1n) is 8.00. The largest absolute Gasteiger partial charge is 0.460 e. The van der Waals surface area contributed by atoms with Gasteiger partial charge in [0.1, 0.15) is 28.9 Å². The molecule has 134 valence electrons. The molecule has 4 N–H and O–H groups in total. The Morgan fingerprint density at radius 1 is 0.963 bits per heavy atom. The second-order valence-corrected chi connectivity index (χ2v) is 6.87. The lowest BCUT2D eigenvalue weighted by Gasteiger charge is -2.24. The number of nitrogens with two attached hydrogens (primary N) is 2. The van der Waals surface area contributed by atoms with E-state index in [9.17, 15) is 5.26 Å². The van der Waals surface area contributed by atoms with Crippen LogP contribution in [-0.2, 0) is 0 Å². The van der Waals surface area contributed by atoms with Crippen LogP contribution in [0.3, 0.4) is 0 Å². The van der Waals surface area contributed by atoms with Gasteiger partial charge in [-0.3, -0.25) is 0 Å². The van der Waals surface area contributed by atoms with E-state index in [0.717, 1.165) is 11.1 Å². The quantitative estimate of drug-likeness (QED) is 0.589. The third-order valence-electron chi connectivity index (χ3n) is 4.36. The Kier molecular flexibility index (Phi) is 4.23. The van der Waals surface area contributed by atoms with Crippen molar-refractivity contribution in [2.75, 3.05) is 5.73 Å². The monoisotopic (exact) mass is 397 g/mol. The first-order chi connectivity index (χ1) is 13.0. The molecule has 1 unspecified atom stereocenters. The Hall–Kier alpha value is -3.07. The zero-order valence-corrected chi connectivity index (χ0v) is 15.4. The van der Waals surface area contributed by atoms with Gasteiger partial charge in [0.15, 0.2) is 0 Å². The molecule has 0 saturated heterocycles. The molecular formula is C20H13Cl2N3O2. The molecule has 1 aromatic heterocycles. The average molecular weight is 398 g/mol.